The summed E-state index contributed by atoms with van der Waals surface area (Å²) >= 11 is 0. The van der Waals surface area contributed by atoms with Gasteiger partial charge in [0.15, 0.2) is 0 Å². The molecule has 0 bridgehead atoms. The molecule has 0 N–H and O–H groups in total. The monoisotopic (exact) mass is 102 g/mol. The van der Waals surface area contributed by atoms with Crippen molar-refractivity contribution in [2.45, 2.75) is 41.5 Å². The highest BCUT2D eigenvalue weighted by molar-refractivity contribution is 4.47. The fourth-order valence-corrected chi connectivity index (χ4v) is 0. The average molecular weight is 102 g/mol. The summed E-state index contributed by atoms with van der Waals surface area (Å²) in [7, 11) is 0. The quantitative estimate of drug-likeness (QED) is 0.441. The molecule has 7 heavy (non-hydrogen) atoms. The number of rotatable bonds is 0. The van der Waals surface area contributed by atoms with Crippen molar-refractivity contribution in [3.05, 3.63) is 0 Å². The predicted molar refractivity (Wildman–Crippen MR) is 36.5 cm³/mol. The molecule has 0 aromatic heterocycles. The maximum atomic E-state index is 2.19. The molecule has 0 unspecified atom stereocenters. The van der Waals surface area contributed by atoms with Gasteiger partial charge in [-0.05, 0) is 5.41 Å². The van der Waals surface area contributed by atoms with Crippen molar-refractivity contribution < 1.29 is 0 Å². The van der Waals surface area contributed by atoms with Gasteiger partial charge in [0.25, 0.3) is 0 Å². The van der Waals surface area contributed by atoms with Crippen LogP contribution in [0, 0.1) is 5.41 Å². The van der Waals surface area contributed by atoms with E-state index >= 15 is 0 Å². The third-order valence-corrected chi connectivity index (χ3v) is 0. The van der Waals surface area contributed by atoms with Gasteiger partial charge in [-0.3, -0.25) is 0 Å². The van der Waals surface area contributed by atoms with Crippen molar-refractivity contribution in [3.8, 4) is 0 Å². The van der Waals surface area contributed by atoms with Crippen LogP contribution in [-0.4, -0.2) is 0 Å². The third kappa shape index (κ3) is 0. The summed E-state index contributed by atoms with van der Waals surface area (Å²) in [6.45, 7) is 12.8. The summed E-state index contributed by atoms with van der Waals surface area (Å²) in [6.07, 6.45) is 0. The molecule has 0 nitrogen and oxygen atoms in total. The Bertz CT molecular complexity index is 15.5. The second kappa shape index (κ2) is 4.17. The van der Waals surface area contributed by atoms with Crippen LogP contribution < -0.4 is 0 Å². The lowest BCUT2D eigenvalue weighted by Gasteiger charge is -2.05. The Morgan fingerprint density at radius 3 is 0.714 bits per heavy atom. The van der Waals surface area contributed by atoms with Crippen LogP contribution in [-0.2, 0) is 0 Å². The molecule has 0 heteroatoms. The van der Waals surface area contributed by atoms with E-state index in [1.807, 2.05) is 13.8 Å². The van der Waals surface area contributed by atoms with Crippen molar-refractivity contribution >= 4 is 0 Å². The second-order valence-corrected chi connectivity index (χ2v) is 3.00. The van der Waals surface area contributed by atoms with Gasteiger partial charge in [-0.1, -0.05) is 41.5 Å². The first-order valence-corrected chi connectivity index (χ1v) is 3.00. The van der Waals surface area contributed by atoms with Crippen LogP contribution >= 0.6 is 0 Å². The smallest absolute Gasteiger partial charge is 0.0411 e. The van der Waals surface area contributed by atoms with Crippen LogP contribution in [0.4, 0.5) is 0 Å². The second-order valence-electron chi connectivity index (χ2n) is 3.00. The van der Waals surface area contributed by atoms with Gasteiger partial charge < -0.3 is 0 Å². The van der Waals surface area contributed by atoms with Crippen molar-refractivity contribution in [2.75, 3.05) is 0 Å². The van der Waals surface area contributed by atoms with E-state index < -0.39 is 0 Å². The molecule has 46 valence electrons. The SMILES string of the molecule is CC.CC(C)(C)C. The molecule has 0 aromatic carbocycles. The first kappa shape index (κ1) is 10.1. The highest BCUT2D eigenvalue weighted by Gasteiger charge is 1.95. The summed E-state index contributed by atoms with van der Waals surface area (Å²) in [6, 6.07) is 0. The lowest BCUT2D eigenvalue weighted by atomic mass is 10.0. The zero-order chi connectivity index (χ0) is 6.50. The molecule has 0 atom stereocenters. The van der Waals surface area contributed by atoms with E-state index in [0.717, 1.165) is 0 Å². The zero-order valence-electron chi connectivity index (χ0n) is 6.50. The molecule has 0 radical (unpaired) electrons. The Morgan fingerprint density at radius 1 is 0.714 bits per heavy atom. The highest BCUT2D eigenvalue weighted by atomic mass is 14.0. The number of hydrogen-bond donors (Lipinski definition) is 0. The normalized spacial score (nSPS) is 9.43. The van der Waals surface area contributed by atoms with E-state index in [2.05, 4.69) is 27.7 Å². The van der Waals surface area contributed by atoms with Crippen LogP contribution in [0.25, 0.3) is 0 Å². The summed E-state index contributed by atoms with van der Waals surface area (Å²) in [5.74, 6) is 0. The van der Waals surface area contributed by atoms with Gasteiger partial charge in [0.1, 0.15) is 0 Å². The van der Waals surface area contributed by atoms with E-state index in [-0.39, 0.29) is 0 Å². The van der Waals surface area contributed by atoms with E-state index in [0.29, 0.717) is 5.41 Å². The van der Waals surface area contributed by atoms with Crippen LogP contribution in [0.3, 0.4) is 0 Å². The molecular formula is C7H18. The van der Waals surface area contributed by atoms with E-state index in [4.69, 9.17) is 0 Å². The molecule has 0 amide bonds. The Kier molecular flexibility index (Phi) is 6.00. The fraction of sp³-hybridized carbons (Fsp3) is 1.00. The van der Waals surface area contributed by atoms with Crippen LogP contribution in [0.5, 0.6) is 0 Å². The van der Waals surface area contributed by atoms with E-state index in [1.165, 1.54) is 0 Å². The molecule has 0 saturated heterocycles. The van der Waals surface area contributed by atoms with E-state index in [1.54, 1.807) is 0 Å². The molecule has 0 heterocycles. The Hall–Kier alpha value is 0. The average Bonchev–Trinajstić information content (AvgIpc) is 1.36. The maximum Gasteiger partial charge on any atom is -0.0411 e. The summed E-state index contributed by atoms with van der Waals surface area (Å²) in [4.78, 5) is 0. The lowest BCUT2D eigenvalue weighted by Crippen LogP contribution is -1.93. The number of hydrogen-bond acceptors (Lipinski definition) is 0. The molecule has 0 aromatic rings. The molecule has 0 spiro atoms. The minimum Gasteiger partial charge on any atom is -0.0683 e. The first-order chi connectivity index (χ1) is 3.00. The lowest BCUT2D eigenvalue weighted by molar-refractivity contribution is 0.469. The highest BCUT2D eigenvalue weighted by Crippen LogP contribution is 2.07. The minimum atomic E-state index is 0.500. The Labute approximate surface area is 47.9 Å². The largest absolute Gasteiger partial charge is 0.0683 e. The molecule has 0 rings (SSSR count). The van der Waals surface area contributed by atoms with Gasteiger partial charge in [-0.25, -0.2) is 0 Å². The van der Waals surface area contributed by atoms with Gasteiger partial charge >= 0.3 is 0 Å². The summed E-state index contributed by atoms with van der Waals surface area (Å²) in [5, 5.41) is 0. The molecule has 0 aliphatic heterocycles. The van der Waals surface area contributed by atoms with Gasteiger partial charge in [0.05, 0.1) is 0 Å². The summed E-state index contributed by atoms with van der Waals surface area (Å²) < 4.78 is 0. The van der Waals surface area contributed by atoms with Gasteiger partial charge in [0.2, 0.25) is 0 Å². The fourth-order valence-electron chi connectivity index (χ4n) is 0. The summed E-state index contributed by atoms with van der Waals surface area (Å²) in [5.41, 5.74) is 0.500. The van der Waals surface area contributed by atoms with Crippen molar-refractivity contribution in [2.24, 2.45) is 5.41 Å². The molecular weight excluding hydrogens is 84.1 g/mol. The first-order valence-electron chi connectivity index (χ1n) is 3.00. The topological polar surface area (TPSA) is 0 Å². The molecule has 0 aliphatic rings. The maximum absolute atomic E-state index is 2.19. The standard InChI is InChI=1S/C5H12.C2H6/c1-5(2,3)4;1-2/h1-4H3;1-2H3. The van der Waals surface area contributed by atoms with Gasteiger partial charge in [0, 0.05) is 0 Å². The van der Waals surface area contributed by atoms with Crippen molar-refractivity contribution in [3.63, 3.8) is 0 Å². The Morgan fingerprint density at radius 2 is 0.714 bits per heavy atom. The minimum absolute atomic E-state index is 0.500. The third-order valence-electron chi connectivity index (χ3n) is 0. The van der Waals surface area contributed by atoms with Gasteiger partial charge in [-0.2, -0.15) is 0 Å². The van der Waals surface area contributed by atoms with Crippen LogP contribution in [0.1, 0.15) is 41.5 Å². The Balaban J connectivity index is 0. The zero-order valence-corrected chi connectivity index (χ0v) is 6.50. The molecule has 0 saturated carbocycles. The van der Waals surface area contributed by atoms with Crippen molar-refractivity contribution in [1.29, 1.82) is 0 Å². The molecule has 0 aliphatic carbocycles. The van der Waals surface area contributed by atoms with E-state index in [9.17, 15) is 0 Å². The van der Waals surface area contributed by atoms with Gasteiger partial charge in [-0.15, -0.1) is 0 Å². The van der Waals surface area contributed by atoms with Crippen LogP contribution in [0.2, 0.25) is 0 Å². The van der Waals surface area contributed by atoms with Crippen molar-refractivity contribution in [1.82, 2.24) is 0 Å². The van der Waals surface area contributed by atoms with Crippen LogP contribution in [0.15, 0.2) is 0 Å². The molecule has 0 fully saturated rings. The predicted octanol–water partition coefficient (Wildman–Crippen LogP) is 3.08.